The van der Waals surface area contributed by atoms with Gasteiger partial charge in [0.2, 0.25) is 5.91 Å². The average Bonchev–Trinajstić information content (AvgIpc) is 2.64. The Morgan fingerprint density at radius 3 is 2.69 bits per heavy atom. The second-order valence-electron chi connectivity index (χ2n) is 6.20. The molecule has 0 saturated carbocycles. The van der Waals surface area contributed by atoms with Gasteiger partial charge in [-0.05, 0) is 18.9 Å². The van der Waals surface area contributed by atoms with Crippen molar-refractivity contribution in [3.63, 3.8) is 0 Å². The molecular formula is C19H25N3O4. The molecule has 2 rings (SSSR count). The van der Waals surface area contributed by atoms with Crippen LogP contribution in [0.1, 0.15) is 45.1 Å². The number of hydrogen-bond acceptors (Lipinski definition) is 5. The topological polar surface area (TPSA) is 88.1 Å². The number of unbranched alkanes of at least 4 members (excludes halogenated alkanes) is 1. The number of rotatable bonds is 8. The van der Waals surface area contributed by atoms with Crippen molar-refractivity contribution in [1.82, 2.24) is 10.3 Å². The van der Waals surface area contributed by atoms with E-state index < -0.39 is 17.9 Å². The molecule has 1 aromatic rings. The van der Waals surface area contributed by atoms with Crippen LogP contribution in [0.25, 0.3) is 0 Å². The van der Waals surface area contributed by atoms with Crippen LogP contribution in [0.5, 0.6) is 0 Å². The van der Waals surface area contributed by atoms with Crippen LogP contribution < -0.4 is 5.32 Å². The van der Waals surface area contributed by atoms with Gasteiger partial charge >= 0.3 is 5.97 Å². The Balaban J connectivity index is 1.95. The number of hydrazone groups is 1. The average molecular weight is 359 g/mol. The summed E-state index contributed by atoms with van der Waals surface area (Å²) in [5.41, 5.74) is 1.17. The predicted octanol–water partition coefficient (Wildman–Crippen LogP) is 2.01. The van der Waals surface area contributed by atoms with E-state index in [-0.39, 0.29) is 24.5 Å². The Morgan fingerprint density at radius 2 is 2.00 bits per heavy atom. The Hall–Kier alpha value is -2.70. The lowest BCUT2D eigenvalue weighted by molar-refractivity contribution is -0.147. The Morgan fingerprint density at radius 1 is 1.27 bits per heavy atom. The van der Waals surface area contributed by atoms with Crippen LogP contribution in [0.4, 0.5) is 0 Å². The number of nitrogens with zero attached hydrogens (tertiary/aromatic N) is 2. The summed E-state index contributed by atoms with van der Waals surface area (Å²) < 4.78 is 5.09. The highest BCUT2D eigenvalue weighted by molar-refractivity contribution is 6.39. The summed E-state index contributed by atoms with van der Waals surface area (Å²) in [4.78, 5) is 36.3. The molecule has 1 aliphatic heterocycles. The summed E-state index contributed by atoms with van der Waals surface area (Å²) >= 11 is 0. The number of benzene rings is 1. The fraction of sp³-hybridized carbons (Fsp3) is 0.474. The summed E-state index contributed by atoms with van der Waals surface area (Å²) in [5, 5.41) is 8.08. The molecule has 1 aliphatic rings. The molecule has 0 bridgehead atoms. The number of carbonyl (C=O) groups excluding carboxylic acids is 3. The first-order valence-corrected chi connectivity index (χ1v) is 8.90. The smallest absolute Gasteiger partial charge is 0.328 e. The van der Waals surface area contributed by atoms with Crippen molar-refractivity contribution in [1.29, 1.82) is 0 Å². The Labute approximate surface area is 153 Å². The fourth-order valence-corrected chi connectivity index (χ4v) is 2.43. The minimum Gasteiger partial charge on any atom is -0.464 e. The van der Waals surface area contributed by atoms with Crippen LogP contribution in [-0.4, -0.2) is 41.2 Å². The largest absolute Gasteiger partial charge is 0.464 e. The monoisotopic (exact) mass is 359 g/mol. The van der Waals surface area contributed by atoms with E-state index in [2.05, 4.69) is 10.4 Å². The predicted molar refractivity (Wildman–Crippen MR) is 97.1 cm³/mol. The molecule has 1 aromatic carbocycles. The molecule has 0 radical (unpaired) electrons. The normalized spacial score (nSPS) is 15.2. The Bertz CT molecular complexity index is 673. The molecule has 0 aliphatic carbocycles. The quantitative estimate of drug-likeness (QED) is 0.568. The molecule has 1 heterocycles. The number of esters is 1. The maximum atomic E-state index is 12.4. The van der Waals surface area contributed by atoms with E-state index >= 15 is 0 Å². The van der Waals surface area contributed by atoms with Crippen LogP contribution in [0.2, 0.25) is 0 Å². The maximum Gasteiger partial charge on any atom is 0.328 e. The molecule has 7 nitrogen and oxygen atoms in total. The third-order valence-corrected chi connectivity index (χ3v) is 3.99. The summed E-state index contributed by atoms with van der Waals surface area (Å²) in [6.07, 6.45) is 2.19. The van der Waals surface area contributed by atoms with E-state index in [9.17, 15) is 14.4 Å². The van der Waals surface area contributed by atoms with Crippen LogP contribution in [0, 0.1) is 0 Å². The third kappa shape index (κ3) is 5.68. The highest BCUT2D eigenvalue weighted by Gasteiger charge is 2.26. The zero-order valence-electron chi connectivity index (χ0n) is 15.2. The number of carbonyl (C=O) groups is 3. The van der Waals surface area contributed by atoms with Gasteiger partial charge in [0.15, 0.2) is 0 Å². The molecule has 1 N–H and O–H groups in total. The van der Waals surface area contributed by atoms with Gasteiger partial charge in [0.1, 0.15) is 11.8 Å². The summed E-state index contributed by atoms with van der Waals surface area (Å²) in [6, 6.07) is 8.68. The van der Waals surface area contributed by atoms with Crippen molar-refractivity contribution in [3.8, 4) is 0 Å². The number of hydrogen-bond donors (Lipinski definition) is 1. The number of amides is 2. The molecule has 140 valence electrons. The molecule has 26 heavy (non-hydrogen) atoms. The zero-order valence-corrected chi connectivity index (χ0v) is 15.2. The lowest BCUT2D eigenvalue weighted by Gasteiger charge is -2.23. The third-order valence-electron chi connectivity index (χ3n) is 3.99. The first-order valence-electron chi connectivity index (χ1n) is 8.90. The van der Waals surface area contributed by atoms with Gasteiger partial charge in [-0.15, -0.1) is 0 Å². The molecule has 2 amide bonds. The lowest BCUT2D eigenvalue weighted by Crippen LogP contribution is -2.45. The van der Waals surface area contributed by atoms with E-state index in [1.54, 1.807) is 6.92 Å². The van der Waals surface area contributed by atoms with Gasteiger partial charge in [-0.25, -0.2) is 9.80 Å². The second kappa shape index (κ2) is 9.70. The van der Waals surface area contributed by atoms with Gasteiger partial charge in [-0.3, -0.25) is 9.59 Å². The van der Waals surface area contributed by atoms with Crippen molar-refractivity contribution < 1.29 is 19.1 Å². The van der Waals surface area contributed by atoms with Crippen molar-refractivity contribution in [2.75, 3.05) is 6.61 Å². The SMILES string of the molecule is CCCCOC(=O)[C@H](C)NC(=O)C1=NN(Cc2ccccc2)C(=O)CC1. The van der Waals surface area contributed by atoms with E-state index in [0.29, 0.717) is 13.2 Å². The van der Waals surface area contributed by atoms with Gasteiger partial charge in [-0.2, -0.15) is 5.10 Å². The maximum absolute atomic E-state index is 12.4. The molecule has 0 saturated heterocycles. The van der Waals surface area contributed by atoms with Gasteiger partial charge in [-0.1, -0.05) is 43.7 Å². The van der Waals surface area contributed by atoms with Crippen LogP contribution >= 0.6 is 0 Å². The van der Waals surface area contributed by atoms with Gasteiger partial charge < -0.3 is 10.1 Å². The summed E-state index contributed by atoms with van der Waals surface area (Å²) in [5.74, 6) is -1.05. The van der Waals surface area contributed by atoms with Crippen molar-refractivity contribution >= 4 is 23.5 Å². The standard InChI is InChI=1S/C19H25N3O4/c1-3-4-12-26-19(25)14(2)20-18(24)16-10-11-17(23)22(21-16)13-15-8-6-5-7-9-15/h5-9,14H,3-4,10-13H2,1-2H3,(H,20,24)/t14-/m0/s1. The minimum atomic E-state index is -0.762. The Kier molecular flexibility index (Phi) is 7.32. The fourth-order valence-electron chi connectivity index (χ4n) is 2.43. The van der Waals surface area contributed by atoms with E-state index in [1.165, 1.54) is 5.01 Å². The molecular weight excluding hydrogens is 334 g/mol. The van der Waals surface area contributed by atoms with Gasteiger partial charge in [0.25, 0.3) is 5.91 Å². The summed E-state index contributed by atoms with van der Waals surface area (Å²) in [7, 11) is 0. The number of ether oxygens (including phenoxy) is 1. The van der Waals surface area contributed by atoms with Crippen molar-refractivity contribution in [2.45, 2.75) is 52.1 Å². The van der Waals surface area contributed by atoms with Crippen LogP contribution in [0.15, 0.2) is 35.4 Å². The first-order chi connectivity index (χ1) is 12.5. The highest BCUT2D eigenvalue weighted by atomic mass is 16.5. The minimum absolute atomic E-state index is 0.127. The van der Waals surface area contributed by atoms with E-state index in [0.717, 1.165) is 18.4 Å². The highest BCUT2D eigenvalue weighted by Crippen LogP contribution is 2.13. The van der Waals surface area contributed by atoms with E-state index in [4.69, 9.17) is 4.74 Å². The van der Waals surface area contributed by atoms with Gasteiger partial charge in [0.05, 0.1) is 13.2 Å². The van der Waals surface area contributed by atoms with Crippen LogP contribution in [0.3, 0.4) is 0 Å². The van der Waals surface area contributed by atoms with Crippen molar-refractivity contribution in [3.05, 3.63) is 35.9 Å². The summed E-state index contributed by atoms with van der Waals surface area (Å²) in [6.45, 7) is 4.23. The molecule has 0 fully saturated rings. The van der Waals surface area contributed by atoms with Gasteiger partial charge in [0, 0.05) is 12.8 Å². The molecule has 0 aromatic heterocycles. The number of nitrogens with one attached hydrogen (secondary N) is 1. The second-order valence-corrected chi connectivity index (χ2v) is 6.20. The molecule has 7 heteroatoms. The lowest BCUT2D eigenvalue weighted by atomic mass is 10.1. The zero-order chi connectivity index (χ0) is 18.9. The first kappa shape index (κ1) is 19.6. The van der Waals surface area contributed by atoms with Crippen molar-refractivity contribution in [2.24, 2.45) is 5.10 Å². The molecule has 0 spiro atoms. The molecule has 1 atom stereocenters. The van der Waals surface area contributed by atoms with E-state index in [1.807, 2.05) is 37.3 Å². The van der Waals surface area contributed by atoms with Crippen LogP contribution in [-0.2, 0) is 25.7 Å². The molecule has 0 unspecified atom stereocenters.